The molecule has 5 nitrogen and oxygen atoms in total. The van der Waals surface area contributed by atoms with Crippen LogP contribution in [-0.4, -0.2) is 36.3 Å². The van der Waals surface area contributed by atoms with Gasteiger partial charge in [0, 0.05) is 24.7 Å². The van der Waals surface area contributed by atoms with Gasteiger partial charge in [0.2, 0.25) is 5.88 Å². The van der Waals surface area contributed by atoms with E-state index in [1.54, 1.807) is 18.3 Å². The Bertz CT molecular complexity index is 477. The van der Waals surface area contributed by atoms with E-state index in [1.807, 2.05) is 20.8 Å². The summed E-state index contributed by atoms with van der Waals surface area (Å²) in [6.45, 7) is 8.23. The molecular formula is C16H24N2O3. The summed E-state index contributed by atoms with van der Waals surface area (Å²) in [5, 5.41) is 3.35. The normalized spacial score (nSPS) is 19.1. The van der Waals surface area contributed by atoms with Gasteiger partial charge in [0.15, 0.2) is 0 Å². The maximum Gasteiger partial charge on any atom is 0.338 e. The lowest BCUT2D eigenvalue weighted by molar-refractivity contribution is 0.00688. The number of nitrogens with zero attached hydrogens (tertiary/aromatic N) is 1. The summed E-state index contributed by atoms with van der Waals surface area (Å²) < 4.78 is 11.0. The van der Waals surface area contributed by atoms with Crippen LogP contribution in [0.15, 0.2) is 18.3 Å². The SMILES string of the molecule is CC(C)(C)OC(=O)c1ccnc(OCC2CCCNC2)c1. The number of pyridine rings is 1. The first-order valence-electron chi connectivity index (χ1n) is 7.47. The van der Waals surface area contributed by atoms with Crippen molar-refractivity contribution in [2.24, 2.45) is 5.92 Å². The highest BCUT2D eigenvalue weighted by Gasteiger charge is 2.19. The maximum absolute atomic E-state index is 12.0. The van der Waals surface area contributed by atoms with E-state index in [0.29, 0.717) is 24.0 Å². The molecule has 1 saturated heterocycles. The molecule has 1 aliphatic rings. The Kier molecular flexibility index (Phi) is 5.17. The lowest BCUT2D eigenvalue weighted by atomic mass is 10.0. The van der Waals surface area contributed by atoms with Crippen LogP contribution >= 0.6 is 0 Å². The third-order valence-electron chi connectivity index (χ3n) is 3.24. The lowest BCUT2D eigenvalue weighted by Gasteiger charge is -2.22. The number of esters is 1. The van der Waals surface area contributed by atoms with Gasteiger partial charge in [-0.3, -0.25) is 0 Å². The molecule has 5 heteroatoms. The zero-order valence-corrected chi connectivity index (χ0v) is 13.0. The van der Waals surface area contributed by atoms with Crippen molar-refractivity contribution in [2.75, 3.05) is 19.7 Å². The Labute approximate surface area is 126 Å². The number of carbonyl (C=O) groups excluding carboxylic acids is 1. The van der Waals surface area contributed by atoms with E-state index in [0.717, 1.165) is 13.1 Å². The van der Waals surface area contributed by atoms with Gasteiger partial charge in [0.1, 0.15) is 5.60 Å². The highest BCUT2D eigenvalue weighted by atomic mass is 16.6. The number of rotatable bonds is 4. The van der Waals surface area contributed by atoms with Crippen LogP contribution in [0, 0.1) is 5.92 Å². The molecule has 1 atom stereocenters. The molecule has 0 amide bonds. The Morgan fingerprint density at radius 2 is 2.29 bits per heavy atom. The molecule has 0 bridgehead atoms. The summed E-state index contributed by atoms with van der Waals surface area (Å²) in [5.41, 5.74) is -0.0357. The van der Waals surface area contributed by atoms with Gasteiger partial charge in [0.25, 0.3) is 0 Å². The fourth-order valence-electron chi connectivity index (χ4n) is 2.22. The number of ether oxygens (including phenoxy) is 2. The van der Waals surface area contributed by atoms with Crippen molar-refractivity contribution in [3.05, 3.63) is 23.9 Å². The second-order valence-electron chi connectivity index (χ2n) is 6.41. The highest BCUT2D eigenvalue weighted by Crippen LogP contribution is 2.17. The van der Waals surface area contributed by atoms with E-state index < -0.39 is 5.60 Å². The van der Waals surface area contributed by atoms with Crippen LogP contribution in [0.4, 0.5) is 0 Å². The van der Waals surface area contributed by atoms with Gasteiger partial charge >= 0.3 is 5.97 Å². The summed E-state index contributed by atoms with van der Waals surface area (Å²) in [5.74, 6) is 0.628. The average molecular weight is 292 g/mol. The summed E-state index contributed by atoms with van der Waals surface area (Å²) >= 11 is 0. The Balaban J connectivity index is 1.92. The van der Waals surface area contributed by atoms with Gasteiger partial charge in [-0.25, -0.2) is 9.78 Å². The number of hydrogen-bond donors (Lipinski definition) is 1. The smallest absolute Gasteiger partial charge is 0.338 e. The summed E-state index contributed by atoms with van der Waals surface area (Å²) in [6, 6.07) is 3.29. The first kappa shape index (κ1) is 15.8. The number of piperidine rings is 1. The molecule has 116 valence electrons. The van der Waals surface area contributed by atoms with Crippen LogP contribution in [0.25, 0.3) is 0 Å². The monoisotopic (exact) mass is 292 g/mol. The summed E-state index contributed by atoms with van der Waals surface area (Å²) in [4.78, 5) is 16.2. The van der Waals surface area contributed by atoms with E-state index in [2.05, 4.69) is 10.3 Å². The zero-order valence-electron chi connectivity index (χ0n) is 13.0. The molecular weight excluding hydrogens is 268 g/mol. The van der Waals surface area contributed by atoms with Crippen LogP contribution in [0.5, 0.6) is 5.88 Å². The number of hydrogen-bond acceptors (Lipinski definition) is 5. The largest absolute Gasteiger partial charge is 0.477 e. The van der Waals surface area contributed by atoms with Crippen molar-refractivity contribution in [1.82, 2.24) is 10.3 Å². The summed E-state index contributed by atoms with van der Waals surface area (Å²) in [6.07, 6.45) is 3.92. The first-order chi connectivity index (χ1) is 9.94. The number of nitrogens with one attached hydrogen (secondary N) is 1. The molecule has 0 aliphatic carbocycles. The predicted octanol–water partition coefficient (Wildman–Crippen LogP) is 2.42. The molecule has 1 N–H and O–H groups in total. The van der Waals surface area contributed by atoms with E-state index >= 15 is 0 Å². The minimum absolute atomic E-state index is 0.353. The molecule has 21 heavy (non-hydrogen) atoms. The van der Waals surface area contributed by atoms with Gasteiger partial charge in [0.05, 0.1) is 12.2 Å². The topological polar surface area (TPSA) is 60.5 Å². The van der Waals surface area contributed by atoms with Crippen LogP contribution < -0.4 is 10.1 Å². The Morgan fingerprint density at radius 1 is 1.48 bits per heavy atom. The van der Waals surface area contributed by atoms with Gasteiger partial charge in [-0.05, 0) is 46.2 Å². The third kappa shape index (κ3) is 5.34. The van der Waals surface area contributed by atoms with Crippen molar-refractivity contribution >= 4 is 5.97 Å². The molecule has 1 aliphatic heterocycles. The van der Waals surface area contributed by atoms with E-state index in [4.69, 9.17) is 9.47 Å². The van der Waals surface area contributed by atoms with Crippen LogP contribution in [0.1, 0.15) is 44.0 Å². The highest BCUT2D eigenvalue weighted by molar-refractivity contribution is 5.89. The molecule has 1 aromatic heterocycles. The van der Waals surface area contributed by atoms with Gasteiger partial charge in [-0.15, -0.1) is 0 Å². The van der Waals surface area contributed by atoms with Crippen molar-refractivity contribution < 1.29 is 14.3 Å². The fourth-order valence-corrected chi connectivity index (χ4v) is 2.22. The molecule has 1 aromatic rings. The van der Waals surface area contributed by atoms with Gasteiger partial charge < -0.3 is 14.8 Å². The average Bonchev–Trinajstić information content (AvgIpc) is 2.45. The molecule has 2 rings (SSSR count). The fraction of sp³-hybridized carbons (Fsp3) is 0.625. The molecule has 1 fully saturated rings. The minimum Gasteiger partial charge on any atom is -0.477 e. The lowest BCUT2D eigenvalue weighted by Crippen LogP contribution is -2.33. The predicted molar refractivity (Wildman–Crippen MR) is 80.5 cm³/mol. The number of aromatic nitrogens is 1. The van der Waals surface area contributed by atoms with E-state index in [9.17, 15) is 4.79 Å². The first-order valence-corrected chi connectivity index (χ1v) is 7.47. The van der Waals surface area contributed by atoms with Crippen molar-refractivity contribution in [3.8, 4) is 5.88 Å². The van der Waals surface area contributed by atoms with Crippen LogP contribution in [-0.2, 0) is 4.74 Å². The second kappa shape index (κ2) is 6.89. The third-order valence-corrected chi connectivity index (χ3v) is 3.24. The van der Waals surface area contributed by atoms with Crippen molar-refractivity contribution in [2.45, 2.75) is 39.2 Å². The molecule has 0 aromatic carbocycles. The molecule has 0 radical (unpaired) electrons. The molecule has 1 unspecified atom stereocenters. The second-order valence-corrected chi connectivity index (χ2v) is 6.41. The standard InChI is InChI=1S/C16H24N2O3/c1-16(2,3)21-15(19)13-6-8-18-14(9-13)20-11-12-5-4-7-17-10-12/h6,8-9,12,17H,4-5,7,10-11H2,1-3H3. The molecule has 2 heterocycles. The zero-order chi connectivity index (χ0) is 15.3. The van der Waals surface area contributed by atoms with Gasteiger partial charge in [-0.2, -0.15) is 0 Å². The minimum atomic E-state index is -0.505. The van der Waals surface area contributed by atoms with Crippen LogP contribution in [0.2, 0.25) is 0 Å². The van der Waals surface area contributed by atoms with E-state index in [1.165, 1.54) is 12.8 Å². The van der Waals surface area contributed by atoms with Crippen molar-refractivity contribution in [1.29, 1.82) is 0 Å². The Morgan fingerprint density at radius 3 is 2.95 bits per heavy atom. The van der Waals surface area contributed by atoms with Gasteiger partial charge in [-0.1, -0.05) is 0 Å². The van der Waals surface area contributed by atoms with E-state index in [-0.39, 0.29) is 5.97 Å². The van der Waals surface area contributed by atoms with Crippen LogP contribution in [0.3, 0.4) is 0 Å². The molecule has 0 spiro atoms. The number of carbonyl (C=O) groups is 1. The summed E-state index contributed by atoms with van der Waals surface area (Å²) in [7, 11) is 0. The Hall–Kier alpha value is -1.62. The quantitative estimate of drug-likeness (QED) is 0.864. The molecule has 0 saturated carbocycles. The maximum atomic E-state index is 12.0. The van der Waals surface area contributed by atoms with Crippen molar-refractivity contribution in [3.63, 3.8) is 0 Å².